The van der Waals surface area contributed by atoms with Gasteiger partial charge in [0.1, 0.15) is 0 Å². The van der Waals surface area contributed by atoms with E-state index < -0.39 is 0 Å². The number of rotatable bonds is 2. The lowest BCUT2D eigenvalue weighted by Gasteiger charge is -2.53. The van der Waals surface area contributed by atoms with E-state index in [-0.39, 0.29) is 18.1 Å². The third-order valence-electron chi connectivity index (χ3n) is 5.12. The van der Waals surface area contributed by atoms with Crippen molar-refractivity contribution >= 4 is 17.7 Å². The molecule has 0 unspecified atom stereocenters. The lowest BCUT2D eigenvalue weighted by molar-refractivity contribution is -0.148. The third kappa shape index (κ3) is 2.41. The van der Waals surface area contributed by atoms with E-state index in [0.29, 0.717) is 11.8 Å². The number of likely N-dealkylation sites (tertiary alicyclic amines) is 2. The number of aliphatic hydroxyl groups is 1. The third-order valence-corrected chi connectivity index (χ3v) is 6.17. The molecule has 3 saturated heterocycles. The van der Waals surface area contributed by atoms with Gasteiger partial charge in [-0.25, -0.2) is 0 Å². The first-order valence-electron chi connectivity index (χ1n) is 7.33. The van der Waals surface area contributed by atoms with Crippen LogP contribution < -0.4 is 0 Å². The van der Waals surface area contributed by atoms with Gasteiger partial charge in [-0.2, -0.15) is 11.8 Å². The van der Waals surface area contributed by atoms with Crippen LogP contribution in [0.15, 0.2) is 0 Å². The van der Waals surface area contributed by atoms with Crippen LogP contribution in [0.25, 0.3) is 0 Å². The second-order valence-corrected chi connectivity index (χ2v) is 7.66. The zero-order valence-electron chi connectivity index (χ0n) is 11.7. The second-order valence-electron chi connectivity index (χ2n) is 6.44. The minimum absolute atomic E-state index is 0.173. The highest BCUT2D eigenvalue weighted by Crippen LogP contribution is 2.40. The van der Waals surface area contributed by atoms with E-state index in [0.717, 1.165) is 50.4 Å². The molecule has 0 aromatic heterocycles. The van der Waals surface area contributed by atoms with E-state index in [9.17, 15) is 9.90 Å². The van der Waals surface area contributed by atoms with E-state index in [2.05, 4.69) is 16.8 Å². The van der Waals surface area contributed by atoms with E-state index >= 15 is 0 Å². The van der Waals surface area contributed by atoms with Crippen molar-refractivity contribution in [3.8, 4) is 0 Å². The first-order chi connectivity index (χ1) is 9.14. The minimum atomic E-state index is 0.173. The van der Waals surface area contributed by atoms with Gasteiger partial charge in [0.05, 0.1) is 5.54 Å². The Morgan fingerprint density at radius 1 is 1.37 bits per heavy atom. The van der Waals surface area contributed by atoms with Gasteiger partial charge < -0.3 is 10.0 Å². The van der Waals surface area contributed by atoms with Gasteiger partial charge in [-0.05, 0) is 43.7 Å². The first-order valence-corrected chi connectivity index (χ1v) is 8.49. The summed E-state index contributed by atoms with van der Waals surface area (Å²) >= 11 is 1.97. The van der Waals surface area contributed by atoms with Crippen molar-refractivity contribution < 1.29 is 9.90 Å². The average Bonchev–Trinajstić information content (AvgIpc) is 2.74. The monoisotopic (exact) mass is 284 g/mol. The van der Waals surface area contributed by atoms with Crippen molar-refractivity contribution in [1.82, 2.24) is 9.80 Å². The van der Waals surface area contributed by atoms with Gasteiger partial charge in [-0.1, -0.05) is 0 Å². The lowest BCUT2D eigenvalue weighted by atomic mass is 9.83. The van der Waals surface area contributed by atoms with E-state index in [1.807, 2.05) is 11.8 Å². The Bertz CT molecular complexity index is 351. The van der Waals surface area contributed by atoms with Crippen molar-refractivity contribution in [2.24, 2.45) is 11.8 Å². The largest absolute Gasteiger partial charge is 0.396 e. The van der Waals surface area contributed by atoms with Gasteiger partial charge in [0.25, 0.3) is 0 Å². The van der Waals surface area contributed by atoms with Gasteiger partial charge in [0.2, 0.25) is 5.91 Å². The number of thioether (sulfide) groups is 1. The lowest BCUT2D eigenvalue weighted by Crippen LogP contribution is -2.68. The number of carbonyl (C=O) groups is 1. The standard InChI is InChI=1S/C14H24N2O2S/c1-15-7-11(8-17)6-14(15)9-16(10-14)13(18)12-2-4-19-5-3-12/h11-12,17H,2-10H2,1H3/t11-/m1/s1. The Hall–Kier alpha value is -0.260. The molecule has 3 fully saturated rings. The summed E-state index contributed by atoms with van der Waals surface area (Å²) in [4.78, 5) is 16.8. The van der Waals surface area contributed by atoms with Crippen molar-refractivity contribution in [2.75, 3.05) is 44.8 Å². The number of hydrogen-bond donors (Lipinski definition) is 1. The van der Waals surface area contributed by atoms with Crippen LogP contribution in [-0.4, -0.2) is 71.1 Å². The molecule has 0 saturated carbocycles. The molecule has 5 heteroatoms. The number of hydrogen-bond acceptors (Lipinski definition) is 4. The molecule has 3 rings (SSSR count). The van der Waals surface area contributed by atoms with E-state index in [1.54, 1.807) is 0 Å². The molecule has 3 aliphatic rings. The normalized spacial score (nSPS) is 31.7. The van der Waals surface area contributed by atoms with Crippen LogP contribution in [0.3, 0.4) is 0 Å². The second kappa shape index (κ2) is 5.26. The number of carbonyl (C=O) groups excluding carboxylic acids is 1. The topological polar surface area (TPSA) is 43.8 Å². The van der Waals surface area contributed by atoms with Crippen LogP contribution >= 0.6 is 11.8 Å². The Labute approximate surface area is 119 Å². The van der Waals surface area contributed by atoms with E-state index in [4.69, 9.17) is 0 Å². The molecule has 0 bridgehead atoms. The Morgan fingerprint density at radius 2 is 2.05 bits per heavy atom. The van der Waals surface area contributed by atoms with Gasteiger partial charge >= 0.3 is 0 Å². The first kappa shape index (κ1) is 13.7. The molecule has 1 N–H and O–H groups in total. The molecule has 4 nitrogen and oxygen atoms in total. The summed E-state index contributed by atoms with van der Waals surface area (Å²) in [5, 5.41) is 9.31. The summed E-state index contributed by atoms with van der Waals surface area (Å²) in [6.07, 6.45) is 3.16. The fourth-order valence-electron chi connectivity index (χ4n) is 3.85. The van der Waals surface area contributed by atoms with Crippen molar-refractivity contribution in [3.05, 3.63) is 0 Å². The molecule has 0 aromatic rings. The molecule has 0 aliphatic carbocycles. The summed E-state index contributed by atoms with van der Waals surface area (Å²) in [5.74, 6) is 3.34. The molecule has 1 atom stereocenters. The number of likely N-dealkylation sites (N-methyl/N-ethyl adjacent to an activating group) is 1. The molecule has 0 aromatic carbocycles. The molecule has 108 valence electrons. The van der Waals surface area contributed by atoms with Crippen LogP contribution in [0.5, 0.6) is 0 Å². The van der Waals surface area contributed by atoms with Gasteiger partial charge in [-0.3, -0.25) is 9.69 Å². The molecular formula is C14H24N2O2S. The van der Waals surface area contributed by atoms with Gasteiger partial charge in [0, 0.05) is 32.2 Å². The van der Waals surface area contributed by atoms with Gasteiger partial charge in [0.15, 0.2) is 0 Å². The molecular weight excluding hydrogens is 260 g/mol. The molecule has 3 heterocycles. The molecule has 3 aliphatic heterocycles. The SMILES string of the molecule is CN1C[C@H](CO)CC12CN(C(=O)C1CCSCC1)C2. The number of amides is 1. The highest BCUT2D eigenvalue weighted by molar-refractivity contribution is 7.99. The fourth-order valence-corrected chi connectivity index (χ4v) is 4.96. The zero-order chi connectivity index (χ0) is 13.5. The molecule has 1 spiro atoms. The quantitative estimate of drug-likeness (QED) is 0.809. The summed E-state index contributed by atoms with van der Waals surface area (Å²) < 4.78 is 0. The van der Waals surface area contributed by atoms with Gasteiger partial charge in [-0.15, -0.1) is 0 Å². The Morgan fingerprint density at radius 3 is 2.63 bits per heavy atom. The van der Waals surface area contributed by atoms with Crippen molar-refractivity contribution in [1.29, 1.82) is 0 Å². The summed E-state index contributed by atoms with van der Waals surface area (Å²) in [6, 6.07) is 0. The Balaban J connectivity index is 1.55. The Kier molecular flexibility index (Phi) is 3.80. The molecule has 1 amide bonds. The smallest absolute Gasteiger partial charge is 0.225 e. The predicted octanol–water partition coefficient (Wildman–Crippen LogP) is 0.655. The predicted molar refractivity (Wildman–Crippen MR) is 77.2 cm³/mol. The van der Waals surface area contributed by atoms with E-state index in [1.165, 1.54) is 0 Å². The zero-order valence-corrected chi connectivity index (χ0v) is 12.5. The minimum Gasteiger partial charge on any atom is -0.396 e. The van der Waals surface area contributed by atoms with Crippen molar-refractivity contribution in [2.45, 2.75) is 24.8 Å². The highest BCUT2D eigenvalue weighted by Gasteiger charge is 2.53. The maximum absolute atomic E-state index is 12.4. The van der Waals surface area contributed by atoms with Crippen LogP contribution in [0.2, 0.25) is 0 Å². The highest BCUT2D eigenvalue weighted by atomic mass is 32.2. The molecule has 0 radical (unpaired) electrons. The summed E-state index contributed by atoms with van der Waals surface area (Å²) in [5.41, 5.74) is 0.173. The number of nitrogens with zero attached hydrogens (tertiary/aromatic N) is 2. The van der Waals surface area contributed by atoms with Crippen LogP contribution in [0, 0.1) is 11.8 Å². The average molecular weight is 284 g/mol. The van der Waals surface area contributed by atoms with Crippen LogP contribution in [0.1, 0.15) is 19.3 Å². The van der Waals surface area contributed by atoms with Crippen LogP contribution in [-0.2, 0) is 4.79 Å². The summed E-state index contributed by atoms with van der Waals surface area (Å²) in [6.45, 7) is 3.00. The number of aliphatic hydroxyl groups excluding tert-OH is 1. The molecule has 19 heavy (non-hydrogen) atoms. The maximum Gasteiger partial charge on any atom is 0.225 e. The van der Waals surface area contributed by atoms with Crippen molar-refractivity contribution in [3.63, 3.8) is 0 Å². The summed E-state index contributed by atoms with van der Waals surface area (Å²) in [7, 11) is 2.13. The van der Waals surface area contributed by atoms with Crippen LogP contribution in [0.4, 0.5) is 0 Å². The fraction of sp³-hybridized carbons (Fsp3) is 0.929. The maximum atomic E-state index is 12.4.